The van der Waals surface area contributed by atoms with Gasteiger partial charge in [-0.25, -0.2) is 0 Å². The highest BCUT2D eigenvalue weighted by Crippen LogP contribution is 2.26. The maximum atomic E-state index is 10.8. The van der Waals surface area contributed by atoms with Gasteiger partial charge in [0.25, 0.3) is 0 Å². The van der Waals surface area contributed by atoms with Gasteiger partial charge in [-0.3, -0.25) is 4.98 Å². The highest BCUT2D eigenvalue weighted by Gasteiger charge is 2.32. The van der Waals surface area contributed by atoms with Crippen LogP contribution in [0.3, 0.4) is 0 Å². The van der Waals surface area contributed by atoms with Crippen LogP contribution in [0.15, 0.2) is 54.7 Å². The van der Waals surface area contributed by atoms with Gasteiger partial charge in [-0.1, -0.05) is 36.4 Å². The largest absolute Gasteiger partial charge is 0.389 e. The minimum absolute atomic E-state index is 0.529. The number of aryl methyl sites for hydroxylation is 1. The lowest BCUT2D eigenvalue weighted by Crippen LogP contribution is -2.45. The van der Waals surface area contributed by atoms with Gasteiger partial charge in [0.05, 0.1) is 5.60 Å². The maximum Gasteiger partial charge on any atom is 0.0712 e. The summed E-state index contributed by atoms with van der Waals surface area (Å²) in [5.41, 5.74) is 1.88. The highest BCUT2D eigenvalue weighted by molar-refractivity contribution is 5.17. The molecule has 3 rings (SSSR count). The zero-order valence-corrected chi connectivity index (χ0v) is 13.7. The minimum atomic E-state index is -0.529. The molecule has 0 unspecified atom stereocenters. The summed E-state index contributed by atoms with van der Waals surface area (Å²) in [6.45, 7) is 3.08. The van der Waals surface area contributed by atoms with Gasteiger partial charge in [-0.2, -0.15) is 0 Å². The average molecular weight is 310 g/mol. The van der Waals surface area contributed by atoms with Crippen molar-refractivity contribution in [2.45, 2.75) is 37.7 Å². The van der Waals surface area contributed by atoms with E-state index in [-0.39, 0.29) is 0 Å². The Morgan fingerprint density at radius 2 is 1.74 bits per heavy atom. The van der Waals surface area contributed by atoms with Crippen molar-refractivity contribution < 1.29 is 5.11 Å². The molecule has 1 N–H and O–H groups in total. The summed E-state index contributed by atoms with van der Waals surface area (Å²) in [5.74, 6) is 0. The molecule has 1 aliphatic heterocycles. The zero-order chi connectivity index (χ0) is 16.0. The molecule has 0 saturated carbocycles. The number of rotatable bonds is 6. The molecule has 0 spiro atoms. The Kier molecular flexibility index (Phi) is 5.42. The predicted molar refractivity (Wildman–Crippen MR) is 93.3 cm³/mol. The van der Waals surface area contributed by atoms with Crippen LogP contribution in [0.4, 0.5) is 0 Å². The van der Waals surface area contributed by atoms with Crippen LogP contribution >= 0.6 is 0 Å². The van der Waals surface area contributed by atoms with Crippen LogP contribution < -0.4 is 0 Å². The summed E-state index contributed by atoms with van der Waals surface area (Å²) in [4.78, 5) is 6.85. The Labute approximate surface area is 139 Å². The number of likely N-dealkylation sites (tertiary alicyclic amines) is 1. The number of aliphatic hydroxyl groups is 1. The van der Waals surface area contributed by atoms with E-state index in [2.05, 4.69) is 28.1 Å². The average Bonchev–Trinajstić information content (AvgIpc) is 2.59. The summed E-state index contributed by atoms with van der Waals surface area (Å²) in [6.07, 6.45) is 6.53. The topological polar surface area (TPSA) is 36.4 Å². The van der Waals surface area contributed by atoms with E-state index in [9.17, 15) is 5.11 Å². The summed E-state index contributed by atoms with van der Waals surface area (Å²) < 4.78 is 0. The van der Waals surface area contributed by atoms with Gasteiger partial charge in [-0.15, -0.1) is 0 Å². The van der Waals surface area contributed by atoms with Crippen LogP contribution in [0.2, 0.25) is 0 Å². The first-order chi connectivity index (χ1) is 11.2. The van der Waals surface area contributed by atoms with Gasteiger partial charge in [0.2, 0.25) is 0 Å². The molecular formula is C20H26N2O. The van der Waals surface area contributed by atoms with E-state index in [1.165, 1.54) is 11.3 Å². The van der Waals surface area contributed by atoms with E-state index in [0.717, 1.165) is 51.7 Å². The van der Waals surface area contributed by atoms with Crippen molar-refractivity contribution >= 4 is 0 Å². The number of hydrogen-bond acceptors (Lipinski definition) is 3. The van der Waals surface area contributed by atoms with Crippen LogP contribution in [-0.2, 0) is 12.8 Å². The monoisotopic (exact) mass is 310 g/mol. The third-order valence-corrected chi connectivity index (χ3v) is 4.80. The molecule has 23 heavy (non-hydrogen) atoms. The molecule has 1 aromatic carbocycles. The Morgan fingerprint density at radius 3 is 2.43 bits per heavy atom. The molecule has 2 aromatic rings. The summed E-state index contributed by atoms with van der Waals surface area (Å²) in [5, 5.41) is 10.8. The molecular weight excluding hydrogens is 284 g/mol. The molecule has 122 valence electrons. The molecule has 2 heterocycles. The van der Waals surface area contributed by atoms with E-state index in [1.807, 2.05) is 36.5 Å². The van der Waals surface area contributed by atoms with Crippen LogP contribution in [-0.4, -0.2) is 40.2 Å². The third-order valence-electron chi connectivity index (χ3n) is 4.80. The van der Waals surface area contributed by atoms with Crippen molar-refractivity contribution in [1.29, 1.82) is 0 Å². The lowest BCUT2D eigenvalue weighted by atomic mass is 9.85. The molecule has 3 nitrogen and oxygen atoms in total. The second-order valence-electron chi connectivity index (χ2n) is 6.65. The SMILES string of the molecule is OC1(Cc2ccccc2)CCN(CCCc2ccccn2)CC1. The Hall–Kier alpha value is -1.71. The van der Waals surface area contributed by atoms with E-state index < -0.39 is 5.60 Å². The van der Waals surface area contributed by atoms with Gasteiger partial charge in [0.15, 0.2) is 0 Å². The fourth-order valence-corrected chi connectivity index (χ4v) is 3.38. The molecule has 3 heteroatoms. The molecule has 1 aromatic heterocycles. The Morgan fingerprint density at radius 1 is 1.00 bits per heavy atom. The third kappa shape index (κ3) is 4.88. The van der Waals surface area contributed by atoms with Crippen LogP contribution in [0.1, 0.15) is 30.5 Å². The van der Waals surface area contributed by atoms with E-state index in [0.29, 0.717) is 0 Å². The minimum Gasteiger partial charge on any atom is -0.389 e. The van der Waals surface area contributed by atoms with Gasteiger partial charge >= 0.3 is 0 Å². The standard InChI is InChI=1S/C20H26N2O/c23-20(17-18-7-2-1-3-8-18)11-15-22(16-12-20)14-6-10-19-9-4-5-13-21-19/h1-5,7-9,13,23H,6,10-12,14-17H2. The molecule has 0 bridgehead atoms. The number of benzene rings is 1. The molecule has 0 radical (unpaired) electrons. The first-order valence-electron chi connectivity index (χ1n) is 8.62. The first-order valence-corrected chi connectivity index (χ1v) is 8.62. The molecule has 1 aliphatic rings. The molecule has 0 aliphatic carbocycles. The number of piperidine rings is 1. The fourth-order valence-electron chi connectivity index (χ4n) is 3.38. The van der Waals surface area contributed by atoms with Crippen LogP contribution in [0, 0.1) is 0 Å². The van der Waals surface area contributed by atoms with E-state index in [1.54, 1.807) is 0 Å². The second-order valence-corrected chi connectivity index (χ2v) is 6.65. The van der Waals surface area contributed by atoms with Crippen molar-refractivity contribution in [3.05, 3.63) is 66.0 Å². The second kappa shape index (κ2) is 7.71. The quantitative estimate of drug-likeness (QED) is 0.891. The number of hydrogen-bond donors (Lipinski definition) is 1. The molecule has 0 amide bonds. The zero-order valence-electron chi connectivity index (χ0n) is 13.7. The Balaban J connectivity index is 1.41. The van der Waals surface area contributed by atoms with Crippen molar-refractivity contribution in [2.75, 3.05) is 19.6 Å². The number of aromatic nitrogens is 1. The summed E-state index contributed by atoms with van der Waals surface area (Å²) in [6, 6.07) is 16.4. The highest BCUT2D eigenvalue weighted by atomic mass is 16.3. The molecule has 1 fully saturated rings. The van der Waals surface area contributed by atoms with Gasteiger partial charge in [0, 0.05) is 31.4 Å². The Bertz CT molecular complexity index is 577. The van der Waals surface area contributed by atoms with Crippen molar-refractivity contribution in [3.63, 3.8) is 0 Å². The lowest BCUT2D eigenvalue weighted by Gasteiger charge is -2.38. The normalized spacial score (nSPS) is 18.0. The molecule has 0 atom stereocenters. The summed E-state index contributed by atoms with van der Waals surface area (Å²) in [7, 11) is 0. The summed E-state index contributed by atoms with van der Waals surface area (Å²) >= 11 is 0. The number of nitrogens with zero attached hydrogens (tertiary/aromatic N) is 2. The van der Waals surface area contributed by atoms with E-state index >= 15 is 0 Å². The van der Waals surface area contributed by atoms with Crippen molar-refractivity contribution in [3.8, 4) is 0 Å². The smallest absolute Gasteiger partial charge is 0.0712 e. The van der Waals surface area contributed by atoms with Crippen LogP contribution in [0.25, 0.3) is 0 Å². The van der Waals surface area contributed by atoms with Crippen molar-refractivity contribution in [2.24, 2.45) is 0 Å². The van der Waals surface area contributed by atoms with Crippen LogP contribution in [0.5, 0.6) is 0 Å². The predicted octanol–water partition coefficient (Wildman–Crippen LogP) is 3.08. The van der Waals surface area contributed by atoms with Crippen molar-refractivity contribution in [1.82, 2.24) is 9.88 Å². The molecule has 1 saturated heterocycles. The van der Waals surface area contributed by atoms with Gasteiger partial charge in [-0.05, 0) is 49.9 Å². The van der Waals surface area contributed by atoms with Gasteiger partial charge < -0.3 is 10.0 Å². The number of pyridine rings is 1. The fraction of sp³-hybridized carbons (Fsp3) is 0.450. The van der Waals surface area contributed by atoms with E-state index in [4.69, 9.17) is 0 Å². The first kappa shape index (κ1) is 16.2. The maximum absolute atomic E-state index is 10.8. The van der Waals surface area contributed by atoms with Gasteiger partial charge in [0.1, 0.15) is 0 Å². The lowest BCUT2D eigenvalue weighted by molar-refractivity contribution is -0.0207.